The van der Waals surface area contributed by atoms with Crippen molar-refractivity contribution in [1.29, 1.82) is 5.26 Å². The lowest BCUT2D eigenvalue weighted by molar-refractivity contribution is -0.113. The van der Waals surface area contributed by atoms with E-state index < -0.39 is 0 Å². The molecule has 0 saturated heterocycles. The zero-order valence-electron chi connectivity index (χ0n) is 16.1. The fourth-order valence-corrected chi connectivity index (χ4v) is 3.84. The number of amides is 1. The molecular weight excluding hydrogens is 432 g/mol. The molecule has 0 bridgehead atoms. The van der Waals surface area contributed by atoms with Gasteiger partial charge in [0.1, 0.15) is 6.07 Å². The molecule has 9 heteroatoms. The largest absolute Gasteiger partial charge is 0.325 e. The van der Waals surface area contributed by atoms with Gasteiger partial charge in [-0.15, -0.1) is 10.2 Å². The minimum absolute atomic E-state index is 0.121. The highest BCUT2D eigenvalue weighted by Gasteiger charge is 2.17. The van der Waals surface area contributed by atoms with Gasteiger partial charge >= 0.3 is 0 Å². The van der Waals surface area contributed by atoms with Crippen LogP contribution in [0, 0.1) is 11.3 Å². The lowest BCUT2D eigenvalue weighted by Crippen LogP contribution is -2.14. The standard InChI is InChI=1S/C22H15ClN6OS/c23-19-11-17(9-8-15(19)12-24)26-20(30)14-31-22-28-27-21(16-5-4-10-25-13-16)29(22)18-6-2-1-3-7-18/h1-11,13H,14H2,(H,26,30). The molecule has 0 aliphatic rings. The Morgan fingerprint density at radius 1 is 1.13 bits per heavy atom. The van der Waals surface area contributed by atoms with E-state index in [2.05, 4.69) is 20.5 Å². The van der Waals surface area contributed by atoms with Gasteiger partial charge in [0, 0.05) is 29.3 Å². The maximum absolute atomic E-state index is 12.5. The van der Waals surface area contributed by atoms with E-state index in [4.69, 9.17) is 16.9 Å². The number of halogens is 1. The maximum Gasteiger partial charge on any atom is 0.234 e. The molecule has 0 fully saturated rings. The normalized spacial score (nSPS) is 10.5. The molecule has 0 radical (unpaired) electrons. The molecule has 1 N–H and O–H groups in total. The molecule has 2 aromatic heterocycles. The summed E-state index contributed by atoms with van der Waals surface area (Å²) in [4.78, 5) is 16.6. The van der Waals surface area contributed by atoms with E-state index in [1.807, 2.05) is 53.1 Å². The minimum Gasteiger partial charge on any atom is -0.325 e. The van der Waals surface area contributed by atoms with Crippen molar-refractivity contribution in [2.75, 3.05) is 11.1 Å². The van der Waals surface area contributed by atoms with E-state index in [9.17, 15) is 4.79 Å². The summed E-state index contributed by atoms with van der Waals surface area (Å²) >= 11 is 7.30. The van der Waals surface area contributed by atoms with Crippen molar-refractivity contribution in [3.8, 4) is 23.1 Å². The molecular formula is C22H15ClN6OS. The van der Waals surface area contributed by atoms with Crippen molar-refractivity contribution in [3.63, 3.8) is 0 Å². The second kappa shape index (κ2) is 9.43. The Hall–Kier alpha value is -3.67. The summed E-state index contributed by atoms with van der Waals surface area (Å²) in [5.74, 6) is 0.535. The molecule has 7 nitrogen and oxygen atoms in total. The van der Waals surface area contributed by atoms with Gasteiger partial charge in [0.05, 0.1) is 16.3 Å². The Balaban J connectivity index is 1.55. The van der Waals surface area contributed by atoms with Crippen LogP contribution in [0.1, 0.15) is 5.56 Å². The summed E-state index contributed by atoms with van der Waals surface area (Å²) in [7, 11) is 0. The van der Waals surface area contributed by atoms with Crippen LogP contribution in [-0.4, -0.2) is 31.4 Å². The van der Waals surface area contributed by atoms with Crippen LogP contribution >= 0.6 is 23.4 Å². The van der Waals surface area contributed by atoms with E-state index in [-0.39, 0.29) is 16.7 Å². The van der Waals surface area contributed by atoms with Gasteiger partial charge in [-0.05, 0) is 42.5 Å². The molecule has 152 valence electrons. The fraction of sp³-hybridized carbons (Fsp3) is 0.0455. The number of hydrogen-bond acceptors (Lipinski definition) is 6. The third kappa shape index (κ3) is 4.74. The molecule has 4 aromatic rings. The molecule has 0 aliphatic heterocycles. The first kappa shape index (κ1) is 20.6. The number of benzene rings is 2. The van der Waals surface area contributed by atoms with Gasteiger partial charge in [0.2, 0.25) is 5.91 Å². The molecule has 0 unspecified atom stereocenters. The summed E-state index contributed by atoms with van der Waals surface area (Å²) in [6.45, 7) is 0. The third-order valence-corrected chi connectivity index (χ3v) is 5.51. The first-order valence-corrected chi connectivity index (χ1v) is 10.6. The highest BCUT2D eigenvalue weighted by molar-refractivity contribution is 7.99. The molecule has 2 heterocycles. The summed E-state index contributed by atoms with van der Waals surface area (Å²) < 4.78 is 1.90. The molecule has 1 amide bonds. The van der Waals surface area contributed by atoms with Crippen LogP contribution in [0.5, 0.6) is 0 Å². The van der Waals surface area contributed by atoms with Crippen molar-refractivity contribution in [3.05, 3.63) is 83.6 Å². The first-order valence-electron chi connectivity index (χ1n) is 9.19. The topological polar surface area (TPSA) is 96.5 Å². The fourth-order valence-electron chi connectivity index (χ4n) is 2.87. The third-order valence-electron chi connectivity index (χ3n) is 4.27. The number of aromatic nitrogens is 4. The highest BCUT2D eigenvalue weighted by atomic mass is 35.5. The van der Waals surface area contributed by atoms with E-state index in [1.165, 1.54) is 11.8 Å². The van der Waals surface area contributed by atoms with Gasteiger partial charge in [0.15, 0.2) is 11.0 Å². The Kier molecular flexibility index (Phi) is 6.26. The molecule has 0 aliphatic carbocycles. The van der Waals surface area contributed by atoms with Crippen LogP contribution in [-0.2, 0) is 4.79 Å². The van der Waals surface area contributed by atoms with Crippen molar-refractivity contribution in [2.24, 2.45) is 0 Å². The van der Waals surface area contributed by atoms with E-state index in [0.717, 1.165) is 11.3 Å². The lowest BCUT2D eigenvalue weighted by atomic mass is 10.2. The number of nitrogens with zero attached hydrogens (tertiary/aromatic N) is 5. The number of carbonyl (C=O) groups is 1. The Morgan fingerprint density at radius 2 is 1.97 bits per heavy atom. The maximum atomic E-state index is 12.5. The minimum atomic E-state index is -0.226. The summed E-state index contributed by atoms with van der Waals surface area (Å²) in [6.07, 6.45) is 3.42. The molecule has 31 heavy (non-hydrogen) atoms. The Morgan fingerprint density at radius 3 is 2.68 bits per heavy atom. The molecule has 0 spiro atoms. The van der Waals surface area contributed by atoms with Gasteiger partial charge in [0.25, 0.3) is 0 Å². The quantitative estimate of drug-likeness (QED) is 0.435. The average Bonchev–Trinajstić information content (AvgIpc) is 3.23. The zero-order chi connectivity index (χ0) is 21.6. The Labute approximate surface area is 187 Å². The monoisotopic (exact) mass is 446 g/mol. The zero-order valence-corrected chi connectivity index (χ0v) is 17.6. The van der Waals surface area contributed by atoms with Crippen molar-refractivity contribution in [1.82, 2.24) is 19.7 Å². The highest BCUT2D eigenvalue weighted by Crippen LogP contribution is 2.28. The summed E-state index contributed by atoms with van der Waals surface area (Å²) in [5.41, 5.74) is 2.58. The number of hydrogen-bond donors (Lipinski definition) is 1. The van der Waals surface area contributed by atoms with Gasteiger partial charge in [-0.2, -0.15) is 5.26 Å². The second-order valence-electron chi connectivity index (χ2n) is 6.36. The second-order valence-corrected chi connectivity index (χ2v) is 7.71. The number of pyridine rings is 1. The van der Waals surface area contributed by atoms with Gasteiger partial charge in [-0.3, -0.25) is 14.3 Å². The molecule has 4 rings (SSSR count). The Bertz CT molecular complexity index is 1250. The smallest absolute Gasteiger partial charge is 0.234 e. The van der Waals surface area contributed by atoms with Crippen LogP contribution in [0.2, 0.25) is 5.02 Å². The van der Waals surface area contributed by atoms with Gasteiger partial charge in [-0.25, -0.2) is 0 Å². The average molecular weight is 447 g/mol. The molecule has 0 atom stereocenters. The number of thioether (sulfide) groups is 1. The predicted molar refractivity (Wildman–Crippen MR) is 120 cm³/mol. The van der Waals surface area contributed by atoms with E-state index in [0.29, 0.717) is 22.2 Å². The SMILES string of the molecule is N#Cc1ccc(NC(=O)CSc2nnc(-c3cccnc3)n2-c2ccccc2)cc1Cl. The summed E-state index contributed by atoms with van der Waals surface area (Å²) in [5, 5.41) is 21.2. The van der Waals surface area contributed by atoms with Crippen LogP contribution in [0.3, 0.4) is 0 Å². The molecule has 0 saturated carbocycles. The van der Waals surface area contributed by atoms with E-state index in [1.54, 1.807) is 30.6 Å². The van der Waals surface area contributed by atoms with Crippen LogP contribution < -0.4 is 5.32 Å². The number of carbonyl (C=O) groups excluding carboxylic acids is 1. The van der Waals surface area contributed by atoms with Crippen LogP contribution in [0.15, 0.2) is 78.2 Å². The van der Waals surface area contributed by atoms with Gasteiger partial charge < -0.3 is 5.32 Å². The van der Waals surface area contributed by atoms with Crippen molar-refractivity contribution < 1.29 is 4.79 Å². The number of nitriles is 1. The summed E-state index contributed by atoms with van der Waals surface area (Å²) in [6, 6.07) is 20.2. The number of para-hydroxylation sites is 1. The van der Waals surface area contributed by atoms with Gasteiger partial charge in [-0.1, -0.05) is 41.6 Å². The number of rotatable bonds is 6. The van der Waals surface area contributed by atoms with Crippen molar-refractivity contribution >= 4 is 35.0 Å². The van der Waals surface area contributed by atoms with Crippen LogP contribution in [0.4, 0.5) is 5.69 Å². The number of nitrogens with one attached hydrogen (secondary N) is 1. The van der Waals surface area contributed by atoms with Crippen LogP contribution in [0.25, 0.3) is 17.1 Å². The molecule has 2 aromatic carbocycles. The predicted octanol–water partition coefficient (Wildman–Crippen LogP) is 4.59. The lowest BCUT2D eigenvalue weighted by Gasteiger charge is -2.10. The van der Waals surface area contributed by atoms with E-state index >= 15 is 0 Å². The number of anilines is 1. The first-order chi connectivity index (χ1) is 15.2. The van der Waals surface area contributed by atoms with Crippen molar-refractivity contribution in [2.45, 2.75) is 5.16 Å².